The summed E-state index contributed by atoms with van der Waals surface area (Å²) >= 11 is 0. The molecule has 0 radical (unpaired) electrons. The topological polar surface area (TPSA) is 48.8 Å². The minimum absolute atomic E-state index is 0.859. The van der Waals surface area contributed by atoms with E-state index in [1.54, 1.807) is 0 Å². The Kier molecular flexibility index (Phi) is 4.41. The summed E-state index contributed by atoms with van der Waals surface area (Å²) in [5.74, 6) is 0. The summed E-state index contributed by atoms with van der Waals surface area (Å²) in [6.45, 7) is 3.96. The minimum atomic E-state index is 0.859. The van der Waals surface area contributed by atoms with Crippen molar-refractivity contribution in [3.05, 3.63) is 128 Å². The van der Waals surface area contributed by atoms with Crippen molar-refractivity contribution in [2.24, 2.45) is 0 Å². The minimum Gasteiger partial charge on any atom is -0.456 e. The van der Waals surface area contributed by atoms with Gasteiger partial charge >= 0.3 is 0 Å². The van der Waals surface area contributed by atoms with Gasteiger partial charge in [0.05, 0.1) is 33.1 Å². The quantitative estimate of drug-likeness (QED) is 0.231. The smallest absolute Gasteiger partial charge is 0.135 e. The second-order valence-electron chi connectivity index (χ2n) is 10.4. The molecule has 0 N–H and O–H groups in total. The van der Waals surface area contributed by atoms with Gasteiger partial charge in [-0.15, -0.1) is 0 Å². The van der Waals surface area contributed by atoms with E-state index in [4.69, 9.17) is 14.4 Å². The van der Waals surface area contributed by atoms with E-state index in [-0.39, 0.29) is 0 Å². The molecule has 5 nitrogen and oxygen atoms in total. The van der Waals surface area contributed by atoms with E-state index >= 15 is 0 Å². The first-order chi connectivity index (χ1) is 20.3. The first kappa shape index (κ1) is 22.2. The van der Waals surface area contributed by atoms with Crippen molar-refractivity contribution in [2.75, 3.05) is 0 Å². The van der Waals surface area contributed by atoms with Gasteiger partial charge in [0.1, 0.15) is 11.2 Å². The Bertz CT molecular complexity index is 2460. The van der Waals surface area contributed by atoms with Crippen molar-refractivity contribution in [1.29, 1.82) is 0 Å². The molecular weight excluding hydrogens is 504 g/mol. The number of fused-ring (bicyclic) bond motifs is 9. The van der Waals surface area contributed by atoms with Crippen LogP contribution in [-0.4, -0.2) is 19.1 Å². The lowest BCUT2D eigenvalue weighted by Gasteiger charge is -2.09. The zero-order chi connectivity index (χ0) is 27.1. The molecular formula is C36H22N4O. The summed E-state index contributed by atoms with van der Waals surface area (Å²) in [7, 11) is 0. The number of pyridine rings is 2. The van der Waals surface area contributed by atoms with Crippen LogP contribution in [0.25, 0.3) is 83.3 Å². The van der Waals surface area contributed by atoms with Gasteiger partial charge in [-0.05, 0) is 84.4 Å². The maximum absolute atomic E-state index is 6.32. The van der Waals surface area contributed by atoms with Crippen LogP contribution in [-0.2, 0) is 0 Å². The fraction of sp³-hybridized carbons (Fsp3) is 0. The average molecular weight is 527 g/mol. The summed E-state index contributed by atoms with van der Waals surface area (Å²) < 4.78 is 10.9. The molecule has 192 valence electrons. The fourth-order valence-electron chi connectivity index (χ4n) is 6.35. The third kappa shape index (κ3) is 3.06. The fourth-order valence-corrected chi connectivity index (χ4v) is 6.35. The van der Waals surface area contributed by atoms with Crippen molar-refractivity contribution in [2.45, 2.75) is 0 Å². The summed E-state index contributed by atoms with van der Waals surface area (Å²) in [6, 6.07) is 35.9. The van der Waals surface area contributed by atoms with E-state index in [1.807, 2.05) is 30.6 Å². The van der Waals surface area contributed by atoms with Crippen LogP contribution in [0.1, 0.15) is 5.56 Å². The van der Waals surface area contributed by atoms with Gasteiger partial charge in [-0.1, -0.05) is 36.9 Å². The van der Waals surface area contributed by atoms with Crippen LogP contribution in [0.5, 0.6) is 0 Å². The van der Waals surface area contributed by atoms with Crippen LogP contribution in [0, 0.1) is 0 Å². The largest absolute Gasteiger partial charge is 0.456 e. The van der Waals surface area contributed by atoms with Crippen molar-refractivity contribution in [3.8, 4) is 11.4 Å². The molecule has 4 aromatic carbocycles. The summed E-state index contributed by atoms with van der Waals surface area (Å²) in [5, 5.41) is 4.39. The number of furan rings is 1. The molecule has 0 aliphatic carbocycles. The molecule has 0 aliphatic heterocycles. The predicted molar refractivity (Wildman–Crippen MR) is 168 cm³/mol. The van der Waals surface area contributed by atoms with Gasteiger partial charge in [0, 0.05) is 45.3 Å². The highest BCUT2D eigenvalue weighted by molar-refractivity contribution is 6.11. The third-order valence-electron chi connectivity index (χ3n) is 8.16. The van der Waals surface area contributed by atoms with Gasteiger partial charge in [0.25, 0.3) is 0 Å². The molecule has 0 atom stereocenters. The molecule has 9 rings (SSSR count). The van der Waals surface area contributed by atoms with E-state index in [2.05, 4.69) is 107 Å². The van der Waals surface area contributed by atoms with E-state index < -0.39 is 0 Å². The van der Waals surface area contributed by atoms with Crippen molar-refractivity contribution >= 4 is 71.9 Å². The summed E-state index contributed by atoms with van der Waals surface area (Å²) in [4.78, 5) is 9.45. The number of nitrogens with zero attached hydrogens (tertiary/aromatic N) is 4. The van der Waals surface area contributed by atoms with Crippen LogP contribution in [0.2, 0.25) is 0 Å². The number of aromatic nitrogens is 4. The Hall–Kier alpha value is -5.68. The number of hydrogen-bond acceptors (Lipinski definition) is 3. The highest BCUT2D eigenvalue weighted by Gasteiger charge is 2.17. The number of benzene rings is 4. The average Bonchev–Trinajstić information content (AvgIpc) is 3.67. The highest BCUT2D eigenvalue weighted by atomic mass is 16.3. The zero-order valence-electron chi connectivity index (χ0n) is 22.0. The van der Waals surface area contributed by atoms with Gasteiger partial charge in [0.2, 0.25) is 0 Å². The summed E-state index contributed by atoms with van der Waals surface area (Å²) in [6.07, 6.45) is 5.58. The van der Waals surface area contributed by atoms with Crippen LogP contribution < -0.4 is 0 Å². The Morgan fingerprint density at radius 1 is 0.537 bits per heavy atom. The molecule has 0 saturated carbocycles. The lowest BCUT2D eigenvalue weighted by Crippen LogP contribution is -1.94. The number of para-hydroxylation sites is 1. The molecule has 0 saturated heterocycles. The lowest BCUT2D eigenvalue weighted by molar-refractivity contribution is 0.669. The van der Waals surface area contributed by atoms with Gasteiger partial charge in [-0.2, -0.15) is 0 Å². The molecule has 41 heavy (non-hydrogen) atoms. The van der Waals surface area contributed by atoms with E-state index in [9.17, 15) is 0 Å². The predicted octanol–water partition coefficient (Wildman–Crippen LogP) is 9.21. The van der Waals surface area contributed by atoms with Crippen LogP contribution in [0.3, 0.4) is 0 Å². The first-order valence-electron chi connectivity index (χ1n) is 13.6. The molecule has 5 heteroatoms. The second-order valence-corrected chi connectivity index (χ2v) is 10.4. The molecule has 0 amide bonds. The zero-order valence-corrected chi connectivity index (χ0v) is 22.0. The van der Waals surface area contributed by atoms with Crippen LogP contribution in [0.4, 0.5) is 0 Å². The molecule has 0 spiro atoms. The standard InChI is InChI=1S/C36H22N4O/c1-2-22-11-14-30-28(19-22)36-32(10-6-18-38-36)40(30)24-13-16-34-27(21-24)26-20-23(12-15-33(26)41-34)39-29-8-4-3-7-25(29)35-31(39)9-5-17-37-35/h2-21H,1H2. The van der Waals surface area contributed by atoms with Crippen molar-refractivity contribution in [3.63, 3.8) is 0 Å². The van der Waals surface area contributed by atoms with Crippen molar-refractivity contribution < 1.29 is 4.42 Å². The van der Waals surface area contributed by atoms with Gasteiger partial charge in [0.15, 0.2) is 0 Å². The SMILES string of the molecule is C=Cc1ccc2c(c1)c1ncccc1n2-c1ccc2oc3ccc(-n4c5ccccc5c5ncccc54)cc3c2c1. The molecule has 5 aromatic heterocycles. The third-order valence-corrected chi connectivity index (χ3v) is 8.16. The van der Waals surface area contributed by atoms with Gasteiger partial charge in [-0.25, -0.2) is 0 Å². The molecule has 9 aromatic rings. The Balaban J connectivity index is 1.31. The molecule has 0 bridgehead atoms. The summed E-state index contributed by atoms with van der Waals surface area (Å²) in [5.41, 5.74) is 11.3. The van der Waals surface area contributed by atoms with Crippen molar-refractivity contribution in [1.82, 2.24) is 19.1 Å². The molecule has 0 fully saturated rings. The highest BCUT2D eigenvalue weighted by Crippen LogP contribution is 2.37. The Labute approximate surface area is 234 Å². The second kappa shape index (κ2) is 8.16. The monoisotopic (exact) mass is 526 g/mol. The first-order valence-corrected chi connectivity index (χ1v) is 13.6. The molecule has 0 unspecified atom stereocenters. The van der Waals surface area contributed by atoms with E-state index in [1.165, 1.54) is 0 Å². The lowest BCUT2D eigenvalue weighted by atomic mass is 10.1. The Morgan fingerprint density at radius 3 is 1.78 bits per heavy atom. The Morgan fingerprint density at radius 2 is 1.12 bits per heavy atom. The molecule has 0 aliphatic rings. The maximum Gasteiger partial charge on any atom is 0.135 e. The number of rotatable bonds is 3. The van der Waals surface area contributed by atoms with Gasteiger partial charge < -0.3 is 13.6 Å². The van der Waals surface area contributed by atoms with Gasteiger partial charge in [-0.3, -0.25) is 9.97 Å². The van der Waals surface area contributed by atoms with E-state index in [0.29, 0.717) is 0 Å². The van der Waals surface area contributed by atoms with Crippen LogP contribution in [0.15, 0.2) is 127 Å². The van der Waals surface area contributed by atoms with E-state index in [0.717, 1.165) is 82.7 Å². The number of hydrogen-bond donors (Lipinski definition) is 0. The van der Waals surface area contributed by atoms with Crippen LogP contribution >= 0.6 is 0 Å². The normalized spacial score (nSPS) is 12.0. The molecule has 5 heterocycles. The maximum atomic E-state index is 6.32.